The molecule has 0 fully saturated rings. The lowest BCUT2D eigenvalue weighted by Gasteiger charge is -1.96. The molecule has 0 amide bonds. The zero-order valence-corrected chi connectivity index (χ0v) is 10.8. The summed E-state index contributed by atoms with van der Waals surface area (Å²) < 4.78 is 1.56. The van der Waals surface area contributed by atoms with Crippen LogP contribution < -0.4 is 5.69 Å². The summed E-state index contributed by atoms with van der Waals surface area (Å²) in [5.41, 5.74) is 4.35. The van der Waals surface area contributed by atoms with Gasteiger partial charge in [0.2, 0.25) is 5.95 Å². The van der Waals surface area contributed by atoms with E-state index < -0.39 is 0 Å². The average Bonchev–Trinajstić information content (AvgIpc) is 2.97. The highest BCUT2D eigenvalue weighted by atomic mass is 16.1. The van der Waals surface area contributed by atoms with Crippen molar-refractivity contribution < 1.29 is 0 Å². The van der Waals surface area contributed by atoms with Gasteiger partial charge in [-0.3, -0.25) is 0 Å². The summed E-state index contributed by atoms with van der Waals surface area (Å²) in [5, 5.41) is 0. The third-order valence-corrected chi connectivity index (χ3v) is 3.43. The van der Waals surface area contributed by atoms with Crippen molar-refractivity contribution in [3.05, 3.63) is 58.5 Å². The normalized spacial score (nSPS) is 11.4. The van der Waals surface area contributed by atoms with E-state index in [1.54, 1.807) is 4.57 Å². The zero-order valence-electron chi connectivity index (χ0n) is 10.8. The van der Waals surface area contributed by atoms with Gasteiger partial charge in [-0.2, -0.15) is 0 Å². The highest BCUT2D eigenvalue weighted by Crippen LogP contribution is 2.17. The molecule has 0 saturated carbocycles. The Morgan fingerprint density at radius 1 is 1.05 bits per heavy atom. The molecule has 0 unspecified atom stereocenters. The van der Waals surface area contributed by atoms with E-state index in [0.29, 0.717) is 5.95 Å². The molecule has 4 aromatic rings. The largest absolute Gasteiger partial charge is 0.333 e. The van der Waals surface area contributed by atoms with Crippen molar-refractivity contribution in [3.8, 4) is 5.95 Å². The van der Waals surface area contributed by atoms with Crippen molar-refractivity contribution >= 4 is 22.1 Å². The van der Waals surface area contributed by atoms with Crippen LogP contribution in [0.1, 0.15) is 5.56 Å². The number of para-hydroxylation sites is 2. The van der Waals surface area contributed by atoms with Gasteiger partial charge in [0.1, 0.15) is 0 Å². The van der Waals surface area contributed by atoms with Gasteiger partial charge >= 0.3 is 5.69 Å². The number of rotatable bonds is 1. The Labute approximate surface area is 113 Å². The number of hydrogen-bond donors (Lipinski definition) is 2. The van der Waals surface area contributed by atoms with Crippen molar-refractivity contribution in [1.29, 1.82) is 0 Å². The second-order valence-electron chi connectivity index (χ2n) is 4.86. The summed E-state index contributed by atoms with van der Waals surface area (Å²) in [7, 11) is 0. The number of benzene rings is 2. The molecule has 0 saturated heterocycles. The Bertz CT molecular complexity index is 990. The van der Waals surface area contributed by atoms with Crippen molar-refractivity contribution in [1.82, 2.24) is 19.5 Å². The van der Waals surface area contributed by atoms with E-state index in [1.807, 2.05) is 49.4 Å². The van der Waals surface area contributed by atoms with E-state index in [2.05, 4.69) is 15.0 Å². The number of imidazole rings is 2. The third-order valence-electron chi connectivity index (χ3n) is 3.43. The Balaban J connectivity index is 2.06. The Kier molecular flexibility index (Phi) is 2.12. The number of aryl methyl sites for hydroxylation is 1. The number of H-pyrrole nitrogens is 2. The molecule has 4 rings (SSSR count). The molecular weight excluding hydrogens is 252 g/mol. The standard InChI is InChI=1S/C15H12N4O/c1-9-6-7-10-12(8-9)17-14(16-10)19-13-5-3-2-4-11(13)18-15(19)20/h2-8H,1H3,(H,16,17)(H,18,20). The summed E-state index contributed by atoms with van der Waals surface area (Å²) in [6.45, 7) is 2.03. The van der Waals surface area contributed by atoms with Crippen LogP contribution in [-0.2, 0) is 0 Å². The molecule has 0 bridgehead atoms. The Morgan fingerprint density at radius 3 is 2.80 bits per heavy atom. The lowest BCUT2D eigenvalue weighted by molar-refractivity contribution is 0.944. The van der Waals surface area contributed by atoms with Crippen molar-refractivity contribution in [2.24, 2.45) is 0 Å². The van der Waals surface area contributed by atoms with E-state index >= 15 is 0 Å². The monoisotopic (exact) mass is 264 g/mol. The van der Waals surface area contributed by atoms with Crippen LogP contribution in [0.15, 0.2) is 47.3 Å². The van der Waals surface area contributed by atoms with E-state index in [9.17, 15) is 4.79 Å². The number of nitrogens with one attached hydrogen (secondary N) is 2. The van der Waals surface area contributed by atoms with E-state index in [1.165, 1.54) is 0 Å². The predicted octanol–water partition coefficient (Wildman–Crippen LogP) is 2.50. The summed E-state index contributed by atoms with van der Waals surface area (Å²) >= 11 is 0. The van der Waals surface area contributed by atoms with Crippen LogP contribution in [0.25, 0.3) is 28.0 Å². The first-order valence-corrected chi connectivity index (χ1v) is 6.39. The van der Waals surface area contributed by atoms with E-state index in [0.717, 1.165) is 27.6 Å². The second-order valence-corrected chi connectivity index (χ2v) is 4.86. The fourth-order valence-corrected chi connectivity index (χ4v) is 2.48. The van der Waals surface area contributed by atoms with Gasteiger partial charge in [0.15, 0.2) is 0 Å². The molecule has 2 aromatic heterocycles. The smallest absolute Gasteiger partial charge is 0.323 e. The molecule has 98 valence electrons. The molecule has 0 atom stereocenters. The maximum atomic E-state index is 12.1. The van der Waals surface area contributed by atoms with Crippen LogP contribution in [0.4, 0.5) is 0 Å². The first kappa shape index (κ1) is 11.0. The summed E-state index contributed by atoms with van der Waals surface area (Å²) in [6, 6.07) is 13.5. The number of fused-ring (bicyclic) bond motifs is 2. The Hall–Kier alpha value is -2.82. The van der Waals surface area contributed by atoms with Crippen LogP contribution in [-0.4, -0.2) is 19.5 Å². The minimum absolute atomic E-state index is 0.193. The summed E-state index contributed by atoms with van der Waals surface area (Å²) in [5.74, 6) is 0.535. The van der Waals surface area contributed by atoms with Crippen LogP contribution in [0.2, 0.25) is 0 Å². The van der Waals surface area contributed by atoms with Crippen LogP contribution >= 0.6 is 0 Å². The molecule has 0 aliphatic carbocycles. The van der Waals surface area contributed by atoms with E-state index in [4.69, 9.17) is 0 Å². The average molecular weight is 264 g/mol. The summed E-state index contributed by atoms with van der Waals surface area (Å²) in [6.07, 6.45) is 0. The van der Waals surface area contributed by atoms with Crippen molar-refractivity contribution in [2.75, 3.05) is 0 Å². The molecule has 2 N–H and O–H groups in total. The number of aromatic nitrogens is 4. The molecule has 0 aliphatic rings. The molecule has 20 heavy (non-hydrogen) atoms. The predicted molar refractivity (Wildman–Crippen MR) is 78.3 cm³/mol. The number of aromatic amines is 2. The van der Waals surface area contributed by atoms with Crippen molar-refractivity contribution in [3.63, 3.8) is 0 Å². The van der Waals surface area contributed by atoms with Gasteiger partial charge in [-0.05, 0) is 36.8 Å². The lowest BCUT2D eigenvalue weighted by Crippen LogP contribution is -2.15. The molecule has 0 spiro atoms. The molecule has 2 aromatic carbocycles. The minimum atomic E-state index is -0.193. The Morgan fingerprint density at radius 2 is 1.90 bits per heavy atom. The van der Waals surface area contributed by atoms with Gasteiger partial charge in [-0.15, -0.1) is 0 Å². The van der Waals surface area contributed by atoms with Crippen LogP contribution in [0.5, 0.6) is 0 Å². The maximum Gasteiger partial charge on any atom is 0.333 e. The SMILES string of the molecule is Cc1ccc2nc(-n3c(=O)[nH]c4ccccc43)[nH]c2c1. The highest BCUT2D eigenvalue weighted by Gasteiger charge is 2.11. The van der Waals surface area contributed by atoms with Gasteiger partial charge in [0, 0.05) is 0 Å². The fraction of sp³-hybridized carbons (Fsp3) is 0.0667. The molecule has 0 radical (unpaired) electrons. The minimum Gasteiger partial charge on any atom is -0.323 e. The fourth-order valence-electron chi connectivity index (χ4n) is 2.48. The third kappa shape index (κ3) is 1.50. The quantitative estimate of drug-likeness (QED) is 0.554. The first-order valence-electron chi connectivity index (χ1n) is 6.39. The lowest BCUT2D eigenvalue weighted by atomic mass is 10.2. The molecule has 5 heteroatoms. The molecule has 5 nitrogen and oxygen atoms in total. The number of hydrogen-bond acceptors (Lipinski definition) is 2. The van der Waals surface area contributed by atoms with Crippen molar-refractivity contribution in [2.45, 2.75) is 6.92 Å². The zero-order chi connectivity index (χ0) is 13.7. The second kappa shape index (κ2) is 3.84. The van der Waals surface area contributed by atoms with Gasteiger partial charge in [-0.25, -0.2) is 14.3 Å². The van der Waals surface area contributed by atoms with Gasteiger partial charge < -0.3 is 9.97 Å². The van der Waals surface area contributed by atoms with Crippen LogP contribution in [0.3, 0.4) is 0 Å². The van der Waals surface area contributed by atoms with Gasteiger partial charge in [0.25, 0.3) is 0 Å². The summed E-state index contributed by atoms with van der Waals surface area (Å²) in [4.78, 5) is 22.7. The molecule has 0 aliphatic heterocycles. The topological polar surface area (TPSA) is 66.5 Å². The van der Waals surface area contributed by atoms with Gasteiger partial charge in [0.05, 0.1) is 22.1 Å². The van der Waals surface area contributed by atoms with Crippen LogP contribution in [0, 0.1) is 6.92 Å². The van der Waals surface area contributed by atoms with Gasteiger partial charge in [-0.1, -0.05) is 18.2 Å². The maximum absolute atomic E-state index is 12.1. The highest BCUT2D eigenvalue weighted by molar-refractivity contribution is 5.80. The molecule has 2 heterocycles. The first-order chi connectivity index (χ1) is 9.72. The number of nitrogens with zero attached hydrogens (tertiary/aromatic N) is 2. The van der Waals surface area contributed by atoms with E-state index in [-0.39, 0.29) is 5.69 Å². The molecular formula is C15H12N4O.